The van der Waals surface area contributed by atoms with E-state index < -0.39 is 8.07 Å². The van der Waals surface area contributed by atoms with Crippen LogP contribution >= 0.6 is 47.8 Å². The Balaban J connectivity index is 2.14. The molecule has 1 aromatic heterocycles. The zero-order chi connectivity index (χ0) is 20.2. The number of hydrogen-bond donors (Lipinski definition) is 1. The fourth-order valence-corrected chi connectivity index (χ4v) is 14.2. The molecule has 2 heterocycles. The molecule has 0 unspecified atom stereocenters. The standard InChI is InChI=1S/C20H16Br3NO2SeSi/c1-3-28(4-2)14-9-10(25)5-6-11(14)24-12-7-8-13(26)15(19(12)28)18-16(21)17(22)20(23)27-18/h5-9,26H,3-4H2,1-2H3. The van der Waals surface area contributed by atoms with Gasteiger partial charge in [0.2, 0.25) is 0 Å². The molecule has 1 N–H and O–H groups in total. The van der Waals surface area contributed by atoms with Gasteiger partial charge in [0.05, 0.1) is 0 Å². The Morgan fingerprint density at radius 1 is 1.11 bits per heavy atom. The van der Waals surface area contributed by atoms with E-state index in [9.17, 15) is 9.90 Å². The molecule has 8 heteroatoms. The SMILES string of the molecule is CC[Si]1(CC)C2=CC(=O)C=CC2=Nc2ccc(O)c(-c3[se]c(Br)c(Br)c3Br)c21. The van der Waals surface area contributed by atoms with E-state index in [-0.39, 0.29) is 26.0 Å². The van der Waals surface area contributed by atoms with Crippen LogP contribution in [0.2, 0.25) is 12.1 Å². The first kappa shape index (κ1) is 20.8. The number of phenols is 1. The van der Waals surface area contributed by atoms with Crippen LogP contribution in [0.1, 0.15) is 13.8 Å². The zero-order valence-electron chi connectivity index (χ0n) is 15.1. The number of nitrogens with zero attached hydrogens (tertiary/aromatic N) is 1. The fraction of sp³-hybridized carbons (Fsp3) is 0.200. The molecule has 0 bridgehead atoms. The number of carbonyl (C=O) groups is 1. The predicted molar refractivity (Wildman–Crippen MR) is 129 cm³/mol. The van der Waals surface area contributed by atoms with Crippen molar-refractivity contribution in [2.24, 2.45) is 4.99 Å². The molecule has 144 valence electrons. The van der Waals surface area contributed by atoms with E-state index in [2.05, 4.69) is 61.6 Å². The maximum atomic E-state index is 12.2. The monoisotopic (exact) mass is 647 g/mol. The van der Waals surface area contributed by atoms with Crippen LogP contribution in [0, 0.1) is 0 Å². The van der Waals surface area contributed by atoms with Crippen LogP contribution in [-0.4, -0.2) is 39.2 Å². The van der Waals surface area contributed by atoms with Crippen molar-refractivity contribution in [3.8, 4) is 15.8 Å². The number of ketones is 1. The average Bonchev–Trinajstić information content (AvgIpc) is 2.94. The molecule has 1 aliphatic carbocycles. The molecule has 0 saturated heterocycles. The number of benzene rings is 1. The summed E-state index contributed by atoms with van der Waals surface area (Å²) in [6.07, 6.45) is 5.22. The topological polar surface area (TPSA) is 49.7 Å². The Kier molecular flexibility index (Phi) is 5.66. The molecule has 0 atom stereocenters. The Bertz CT molecular complexity index is 1110. The minimum atomic E-state index is -2.27. The van der Waals surface area contributed by atoms with Crippen molar-refractivity contribution in [2.45, 2.75) is 25.9 Å². The molecule has 1 aromatic carbocycles. The van der Waals surface area contributed by atoms with Crippen molar-refractivity contribution in [1.82, 2.24) is 0 Å². The van der Waals surface area contributed by atoms with E-state index in [0.717, 1.165) is 56.2 Å². The fourth-order valence-electron chi connectivity index (χ4n) is 4.16. The van der Waals surface area contributed by atoms with E-state index in [1.165, 1.54) is 0 Å². The van der Waals surface area contributed by atoms with Crippen molar-refractivity contribution < 1.29 is 9.90 Å². The summed E-state index contributed by atoms with van der Waals surface area (Å²) < 4.78 is 4.18. The van der Waals surface area contributed by atoms with Gasteiger partial charge in [-0.05, 0) is 0 Å². The number of fused-ring (bicyclic) bond motifs is 2. The second-order valence-electron chi connectivity index (χ2n) is 6.77. The molecular formula is C20H16Br3NO2SeSi. The summed E-state index contributed by atoms with van der Waals surface area (Å²) in [6, 6.07) is 5.57. The third-order valence-corrected chi connectivity index (χ3v) is 18.0. The Morgan fingerprint density at radius 2 is 1.82 bits per heavy atom. The van der Waals surface area contributed by atoms with Crippen LogP contribution in [0.4, 0.5) is 5.69 Å². The number of hydrogen-bond acceptors (Lipinski definition) is 3. The normalized spacial score (nSPS) is 17.1. The Hall–Kier alpha value is -0.504. The van der Waals surface area contributed by atoms with Crippen molar-refractivity contribution in [3.63, 3.8) is 0 Å². The van der Waals surface area contributed by atoms with Crippen molar-refractivity contribution in [2.75, 3.05) is 0 Å². The molecule has 3 nitrogen and oxygen atoms in total. The summed E-state index contributed by atoms with van der Waals surface area (Å²) in [7, 11) is -2.27. The molecule has 2 aromatic rings. The first-order valence-corrected chi connectivity index (χ1v) is 15.4. The van der Waals surface area contributed by atoms with Gasteiger partial charge in [-0.2, -0.15) is 0 Å². The van der Waals surface area contributed by atoms with Gasteiger partial charge < -0.3 is 0 Å². The molecule has 1 aliphatic heterocycles. The van der Waals surface area contributed by atoms with Crippen LogP contribution in [0.25, 0.3) is 10.0 Å². The number of rotatable bonds is 3. The van der Waals surface area contributed by atoms with Gasteiger partial charge in [-0.1, -0.05) is 0 Å². The van der Waals surface area contributed by atoms with Gasteiger partial charge in [0.25, 0.3) is 0 Å². The first-order chi connectivity index (χ1) is 13.3. The van der Waals surface area contributed by atoms with Gasteiger partial charge in [0.15, 0.2) is 0 Å². The summed E-state index contributed by atoms with van der Waals surface area (Å²) in [5.74, 6) is 0.307. The predicted octanol–water partition coefficient (Wildman–Crippen LogP) is 5.79. The van der Waals surface area contributed by atoms with Gasteiger partial charge in [0, 0.05) is 0 Å². The number of halogens is 3. The second-order valence-corrected chi connectivity index (χ2v) is 17.1. The van der Waals surface area contributed by atoms with Crippen LogP contribution in [0.15, 0.2) is 52.8 Å². The average molecular weight is 649 g/mol. The van der Waals surface area contributed by atoms with E-state index in [4.69, 9.17) is 4.99 Å². The number of allylic oxidation sites excluding steroid dienone is 4. The number of aromatic hydroxyl groups is 1. The molecule has 2 aliphatic rings. The molecule has 0 spiro atoms. The summed E-state index contributed by atoms with van der Waals surface area (Å²) >= 11 is 11.0. The third kappa shape index (κ3) is 2.99. The Labute approximate surface area is 195 Å². The third-order valence-electron chi connectivity index (χ3n) is 5.55. The van der Waals surface area contributed by atoms with E-state index in [1.54, 1.807) is 18.2 Å². The second kappa shape index (κ2) is 7.64. The molecule has 0 saturated carbocycles. The van der Waals surface area contributed by atoms with Gasteiger partial charge in [0.1, 0.15) is 0 Å². The summed E-state index contributed by atoms with van der Waals surface area (Å²) in [5.41, 5.74) is 2.73. The quantitative estimate of drug-likeness (QED) is 0.339. The summed E-state index contributed by atoms with van der Waals surface area (Å²) in [6.45, 7) is 4.40. The van der Waals surface area contributed by atoms with Crippen molar-refractivity contribution in [3.05, 3.63) is 47.8 Å². The van der Waals surface area contributed by atoms with Crippen LogP contribution in [0.5, 0.6) is 5.75 Å². The number of carbonyl (C=O) groups excluding carboxylic acids is 1. The minimum absolute atomic E-state index is 0.0236. The number of phenolic OH excluding ortho intramolecular Hbond substituents is 1. The van der Waals surface area contributed by atoms with E-state index in [0.29, 0.717) is 0 Å². The summed E-state index contributed by atoms with van der Waals surface area (Å²) in [4.78, 5) is 17.1. The zero-order valence-corrected chi connectivity index (χ0v) is 22.6. The molecule has 0 radical (unpaired) electrons. The van der Waals surface area contributed by atoms with Gasteiger partial charge >= 0.3 is 197 Å². The molecule has 4 rings (SSSR count). The van der Waals surface area contributed by atoms with Crippen LogP contribution < -0.4 is 5.19 Å². The molecule has 28 heavy (non-hydrogen) atoms. The molecule has 0 amide bonds. The van der Waals surface area contributed by atoms with Crippen LogP contribution in [0.3, 0.4) is 0 Å². The van der Waals surface area contributed by atoms with Gasteiger partial charge in [-0.3, -0.25) is 0 Å². The van der Waals surface area contributed by atoms with Crippen molar-refractivity contribution in [1.29, 1.82) is 0 Å². The Morgan fingerprint density at radius 3 is 2.43 bits per heavy atom. The van der Waals surface area contributed by atoms with Crippen LogP contribution in [-0.2, 0) is 4.79 Å². The number of aliphatic imine (C=N–C) groups is 1. The van der Waals surface area contributed by atoms with E-state index >= 15 is 0 Å². The van der Waals surface area contributed by atoms with Gasteiger partial charge in [-0.15, -0.1) is 0 Å². The van der Waals surface area contributed by atoms with E-state index in [1.807, 2.05) is 12.1 Å². The van der Waals surface area contributed by atoms with Gasteiger partial charge in [-0.25, -0.2) is 0 Å². The maximum absolute atomic E-state index is 12.2. The summed E-state index contributed by atoms with van der Waals surface area (Å²) in [5, 5.41) is 13.2. The molecule has 0 fully saturated rings. The van der Waals surface area contributed by atoms with Crippen molar-refractivity contribution >= 4 is 92.7 Å². The molecular weight excluding hydrogens is 633 g/mol. The first-order valence-electron chi connectivity index (χ1n) is 8.87.